The molecule has 2 saturated heterocycles. The van der Waals surface area contributed by atoms with Crippen molar-refractivity contribution >= 4 is 28.7 Å². The lowest BCUT2D eigenvalue weighted by Gasteiger charge is -2.31. The van der Waals surface area contributed by atoms with Crippen molar-refractivity contribution in [2.24, 2.45) is 5.92 Å². The van der Waals surface area contributed by atoms with Crippen molar-refractivity contribution in [2.75, 3.05) is 34.3 Å². The fourth-order valence-corrected chi connectivity index (χ4v) is 8.70. The van der Waals surface area contributed by atoms with Gasteiger partial charge in [0.2, 0.25) is 11.8 Å². The Morgan fingerprint density at radius 2 is 1.24 bits per heavy atom. The summed E-state index contributed by atoms with van der Waals surface area (Å²) in [7, 11) is 5.21. The molecule has 2 aliphatic heterocycles. The largest absolute Gasteiger partial charge is 0.453 e. The van der Waals surface area contributed by atoms with Crippen LogP contribution in [0.5, 0.6) is 0 Å². The number of hydrogen-bond acceptors (Lipinski definition) is 7. The molecule has 3 N–H and O–H groups in total. The van der Waals surface area contributed by atoms with E-state index in [9.17, 15) is 14.4 Å². The number of aromatic nitrogens is 4. The summed E-state index contributed by atoms with van der Waals surface area (Å²) in [5.41, 5.74) is 7.07. The van der Waals surface area contributed by atoms with Gasteiger partial charge in [-0.05, 0) is 90.9 Å². The van der Waals surface area contributed by atoms with Crippen molar-refractivity contribution in [3.63, 3.8) is 0 Å². The lowest BCUT2D eigenvalue weighted by molar-refractivity contribution is -0.137. The number of amides is 3. The minimum absolute atomic E-state index is 0.0932. The van der Waals surface area contributed by atoms with Gasteiger partial charge in [0.15, 0.2) is 0 Å². The molecule has 3 amide bonds. The lowest BCUT2D eigenvalue weighted by atomic mass is 9.98. The molecule has 304 valence electrons. The molecule has 8 rings (SSSR count). The SMILES string of the molecule is COC(=O)N[C@H](C(=O)N1CCC[C@H]1c1ncc(-c2ccc3cc(-c4ccc(-c5cnc(C6CCCN6C(=O)C(c6ccccc6)N(C)C)[nH]5)cc4)ccc3c2)[nH]1)C(C)C. The molecule has 0 radical (unpaired) electrons. The monoisotopic (exact) mass is 792 g/mol. The molecule has 6 aromatic rings. The molecule has 12 nitrogen and oxygen atoms in total. The smallest absolute Gasteiger partial charge is 0.407 e. The number of carbonyl (C=O) groups is 3. The molecular weight excluding hydrogens is 741 g/mol. The third-order valence-corrected chi connectivity index (χ3v) is 11.8. The third kappa shape index (κ3) is 8.09. The number of benzene rings is 4. The molecule has 2 aliphatic rings. The van der Waals surface area contributed by atoms with Crippen LogP contribution in [0.25, 0.3) is 44.4 Å². The highest BCUT2D eigenvalue weighted by Gasteiger charge is 2.38. The van der Waals surface area contributed by atoms with Crippen LogP contribution in [-0.2, 0) is 14.3 Å². The van der Waals surface area contributed by atoms with Gasteiger partial charge in [0.05, 0.1) is 43.0 Å². The first-order valence-electron chi connectivity index (χ1n) is 20.5. The Morgan fingerprint density at radius 1 is 0.712 bits per heavy atom. The Hall–Kier alpha value is -6.27. The van der Waals surface area contributed by atoms with E-state index < -0.39 is 12.1 Å². The molecule has 0 bridgehead atoms. The number of likely N-dealkylation sites (tertiary alicyclic amines) is 2. The molecular formula is C47H52N8O4. The molecule has 4 atom stereocenters. The van der Waals surface area contributed by atoms with Crippen molar-refractivity contribution in [2.45, 2.75) is 63.7 Å². The van der Waals surface area contributed by atoms with Gasteiger partial charge in [-0.3, -0.25) is 14.5 Å². The summed E-state index contributed by atoms with van der Waals surface area (Å²) < 4.78 is 4.77. The third-order valence-electron chi connectivity index (χ3n) is 11.8. The predicted molar refractivity (Wildman–Crippen MR) is 229 cm³/mol. The van der Waals surface area contributed by atoms with Crippen molar-refractivity contribution in [1.82, 2.24) is 40.0 Å². The van der Waals surface area contributed by atoms with E-state index in [1.54, 1.807) is 0 Å². The van der Waals surface area contributed by atoms with E-state index in [2.05, 4.69) is 75.9 Å². The quantitative estimate of drug-likeness (QED) is 0.120. The number of ether oxygens (including phenoxy) is 1. The van der Waals surface area contributed by atoms with E-state index in [1.807, 2.05) is 85.4 Å². The van der Waals surface area contributed by atoms with Gasteiger partial charge >= 0.3 is 6.09 Å². The summed E-state index contributed by atoms with van der Waals surface area (Å²) in [6.45, 7) is 5.14. The maximum atomic E-state index is 13.9. The topological polar surface area (TPSA) is 140 Å². The lowest BCUT2D eigenvalue weighted by Crippen LogP contribution is -2.51. The zero-order valence-electron chi connectivity index (χ0n) is 34.3. The van der Waals surface area contributed by atoms with E-state index in [0.717, 1.165) is 87.3 Å². The number of nitrogens with one attached hydrogen (secondary N) is 3. The van der Waals surface area contributed by atoms with E-state index in [1.165, 1.54) is 7.11 Å². The fourth-order valence-electron chi connectivity index (χ4n) is 8.70. The number of likely N-dealkylation sites (N-methyl/N-ethyl adjacent to an activating group) is 1. The number of rotatable bonds is 11. The number of fused-ring (bicyclic) bond motifs is 1. The van der Waals surface area contributed by atoms with Crippen LogP contribution >= 0.6 is 0 Å². The highest BCUT2D eigenvalue weighted by Crippen LogP contribution is 2.37. The van der Waals surface area contributed by atoms with Gasteiger partial charge < -0.3 is 29.8 Å². The summed E-state index contributed by atoms with van der Waals surface area (Å²) >= 11 is 0. The van der Waals surface area contributed by atoms with Gasteiger partial charge in [-0.1, -0.05) is 92.7 Å². The average molecular weight is 793 g/mol. The van der Waals surface area contributed by atoms with Crippen LogP contribution in [-0.4, -0.2) is 92.9 Å². The van der Waals surface area contributed by atoms with E-state index in [4.69, 9.17) is 14.7 Å². The van der Waals surface area contributed by atoms with E-state index in [0.29, 0.717) is 13.1 Å². The molecule has 0 aliphatic carbocycles. The van der Waals surface area contributed by atoms with Crippen molar-refractivity contribution in [3.05, 3.63) is 121 Å². The standard InChI is InChI=1S/C47H52N8O4/c1-29(2)41(52-47(58)59-5)45(56)54-23-9-13-39(54)43-49-28-38(51-43)36-22-21-34-25-33(19-20-35(34)26-36)30-15-17-31(18-16-30)37-27-48-44(50-37)40-14-10-24-55(40)46(57)42(53(3)4)32-11-7-6-8-12-32/h6-8,11-12,15-22,25-29,39-42H,9-10,13-14,23-24H2,1-5H3,(H,48,50)(H,49,51)(H,52,58)/t39-,40?,41-,42?/m0/s1. The summed E-state index contributed by atoms with van der Waals surface area (Å²) in [4.78, 5) is 61.9. The second-order valence-corrected chi connectivity index (χ2v) is 16.2. The first-order chi connectivity index (χ1) is 28.6. The van der Waals surface area contributed by atoms with Crippen LogP contribution in [0.4, 0.5) is 4.79 Å². The van der Waals surface area contributed by atoms with Gasteiger partial charge in [0.25, 0.3) is 0 Å². The number of methoxy groups -OCH3 is 1. The van der Waals surface area contributed by atoms with Crippen LogP contribution in [0.1, 0.15) is 74.9 Å². The van der Waals surface area contributed by atoms with Crippen LogP contribution in [0.3, 0.4) is 0 Å². The van der Waals surface area contributed by atoms with E-state index in [-0.39, 0.29) is 35.9 Å². The highest BCUT2D eigenvalue weighted by atomic mass is 16.5. The first kappa shape index (κ1) is 39.6. The zero-order valence-corrected chi connectivity index (χ0v) is 34.3. The van der Waals surface area contributed by atoms with Crippen molar-refractivity contribution in [3.8, 4) is 33.6 Å². The van der Waals surface area contributed by atoms with E-state index >= 15 is 0 Å². The van der Waals surface area contributed by atoms with Gasteiger partial charge in [-0.25, -0.2) is 14.8 Å². The van der Waals surface area contributed by atoms with Crippen molar-refractivity contribution < 1.29 is 19.1 Å². The summed E-state index contributed by atoms with van der Waals surface area (Å²) in [6, 6.07) is 30.0. The first-order valence-corrected chi connectivity index (χ1v) is 20.5. The molecule has 59 heavy (non-hydrogen) atoms. The Labute approximate surface area is 345 Å². The number of imidazole rings is 2. The normalized spacial score (nSPS) is 17.8. The van der Waals surface area contributed by atoms with Crippen LogP contribution in [0.15, 0.2) is 103 Å². The second-order valence-electron chi connectivity index (χ2n) is 16.2. The summed E-state index contributed by atoms with van der Waals surface area (Å²) in [5, 5.41) is 4.94. The number of H-pyrrole nitrogens is 2. The Bertz CT molecular complexity index is 2440. The number of nitrogens with zero attached hydrogens (tertiary/aromatic N) is 5. The maximum absolute atomic E-state index is 13.9. The summed E-state index contributed by atoms with van der Waals surface area (Å²) in [6.07, 6.45) is 6.55. The highest BCUT2D eigenvalue weighted by molar-refractivity contribution is 5.91. The number of aromatic amines is 2. The molecule has 2 unspecified atom stereocenters. The predicted octanol–water partition coefficient (Wildman–Crippen LogP) is 8.30. The molecule has 2 fully saturated rings. The van der Waals surface area contributed by atoms with Gasteiger partial charge in [-0.15, -0.1) is 0 Å². The Balaban J connectivity index is 0.944. The average Bonchev–Trinajstić information content (AvgIpc) is 4.09. The number of carbonyl (C=O) groups excluding carboxylic acids is 3. The Kier molecular flexibility index (Phi) is 11.3. The fraction of sp³-hybridized carbons (Fsp3) is 0.340. The minimum Gasteiger partial charge on any atom is -0.453 e. The molecule has 12 heteroatoms. The Morgan fingerprint density at radius 3 is 1.81 bits per heavy atom. The second kappa shape index (κ2) is 16.9. The molecule has 4 heterocycles. The van der Waals surface area contributed by atoms with Gasteiger partial charge in [0, 0.05) is 18.7 Å². The number of alkyl carbamates (subject to hydrolysis) is 1. The number of hydrogen-bond donors (Lipinski definition) is 3. The molecule has 4 aromatic carbocycles. The van der Waals surface area contributed by atoms with Crippen molar-refractivity contribution in [1.29, 1.82) is 0 Å². The van der Waals surface area contributed by atoms with Crippen LogP contribution in [0, 0.1) is 5.92 Å². The maximum Gasteiger partial charge on any atom is 0.407 e. The van der Waals surface area contributed by atoms with Crippen LogP contribution in [0.2, 0.25) is 0 Å². The summed E-state index contributed by atoms with van der Waals surface area (Å²) in [5.74, 6) is 1.43. The molecule has 0 spiro atoms. The molecule has 0 saturated carbocycles. The minimum atomic E-state index is -0.680. The molecule has 2 aromatic heterocycles. The van der Waals surface area contributed by atoms with Gasteiger partial charge in [-0.2, -0.15) is 0 Å². The van der Waals surface area contributed by atoms with Gasteiger partial charge in [0.1, 0.15) is 23.7 Å². The van der Waals surface area contributed by atoms with Crippen LogP contribution < -0.4 is 5.32 Å². The zero-order chi connectivity index (χ0) is 41.2.